The monoisotopic (exact) mass is 275 g/mol. The topological polar surface area (TPSA) is 130 Å². The normalized spacial score (nSPS) is 11.5. The Morgan fingerprint density at radius 3 is 2.17 bits per heavy atom. The molecule has 0 aliphatic heterocycles. The summed E-state index contributed by atoms with van der Waals surface area (Å²) in [5.74, 6) is 0. The first-order valence-corrected chi connectivity index (χ1v) is 6.83. The number of nitrogens with zero attached hydrogens (tertiary/aromatic N) is 1. The zero-order valence-corrected chi connectivity index (χ0v) is 10.6. The highest BCUT2D eigenvalue weighted by Crippen LogP contribution is 2.26. The Labute approximate surface area is 106 Å². The fraction of sp³-hybridized carbons (Fsp3) is 0.400. The van der Waals surface area contributed by atoms with Gasteiger partial charge in [-0.3, -0.25) is 0 Å². The van der Waals surface area contributed by atoms with Gasteiger partial charge in [-0.15, -0.1) is 0 Å². The number of nitrogen functional groups attached to an aromatic ring is 1. The quantitative estimate of drug-likeness (QED) is 0.478. The Morgan fingerprint density at radius 2 is 1.72 bits per heavy atom. The summed E-state index contributed by atoms with van der Waals surface area (Å²) >= 11 is 0. The van der Waals surface area contributed by atoms with E-state index in [1.807, 2.05) is 0 Å². The summed E-state index contributed by atoms with van der Waals surface area (Å²) in [5.41, 5.74) is 6.12. The van der Waals surface area contributed by atoms with Crippen LogP contribution in [0.1, 0.15) is 0 Å². The zero-order valence-electron chi connectivity index (χ0n) is 9.78. The molecule has 1 aromatic carbocycles. The number of nitrogens with two attached hydrogens (primary N) is 2. The fourth-order valence-electron chi connectivity index (χ4n) is 1.61. The van der Waals surface area contributed by atoms with Gasteiger partial charge in [-0.1, -0.05) is 0 Å². The van der Waals surface area contributed by atoms with E-state index in [2.05, 4.69) is 0 Å². The molecular weight excluding hydrogens is 258 g/mol. The van der Waals surface area contributed by atoms with Crippen molar-refractivity contribution in [1.82, 2.24) is 0 Å². The maximum atomic E-state index is 11.5. The lowest BCUT2D eigenvalue weighted by Gasteiger charge is -2.25. The molecule has 102 valence electrons. The summed E-state index contributed by atoms with van der Waals surface area (Å²) in [7, 11) is -3.92. The van der Waals surface area contributed by atoms with Crippen molar-refractivity contribution in [2.45, 2.75) is 4.90 Å². The van der Waals surface area contributed by atoms with Crippen LogP contribution in [0.15, 0.2) is 23.1 Å². The first kappa shape index (κ1) is 14.7. The first-order chi connectivity index (χ1) is 8.40. The molecule has 7 nitrogen and oxygen atoms in total. The molecule has 0 amide bonds. The number of aliphatic hydroxyl groups is 2. The molecule has 0 unspecified atom stereocenters. The summed E-state index contributed by atoms with van der Waals surface area (Å²) in [6, 6.07) is 4.29. The summed E-state index contributed by atoms with van der Waals surface area (Å²) in [4.78, 5) is 1.41. The third-order valence-electron chi connectivity index (χ3n) is 2.37. The Bertz CT molecular complexity index is 498. The SMILES string of the molecule is Nc1ccc(N(CCO)CCO)c(S(N)(=O)=O)c1. The molecular formula is C10H17N3O4S. The summed E-state index contributed by atoms with van der Waals surface area (Å²) in [6.45, 7) is 0.0306. The van der Waals surface area contributed by atoms with Gasteiger partial charge >= 0.3 is 0 Å². The van der Waals surface area contributed by atoms with E-state index >= 15 is 0 Å². The largest absolute Gasteiger partial charge is 0.399 e. The molecule has 0 saturated carbocycles. The zero-order chi connectivity index (χ0) is 13.8. The molecule has 0 atom stereocenters. The molecule has 0 bridgehead atoms. The molecule has 0 saturated heterocycles. The highest BCUT2D eigenvalue weighted by molar-refractivity contribution is 7.89. The van der Waals surface area contributed by atoms with Gasteiger partial charge in [-0.05, 0) is 18.2 Å². The number of anilines is 2. The highest BCUT2D eigenvalue weighted by Gasteiger charge is 2.18. The van der Waals surface area contributed by atoms with Crippen LogP contribution in [0.2, 0.25) is 0 Å². The predicted octanol–water partition coefficient (Wildman–Crippen LogP) is -1.29. The van der Waals surface area contributed by atoms with Gasteiger partial charge in [-0.25, -0.2) is 13.6 Å². The van der Waals surface area contributed by atoms with Crippen molar-refractivity contribution in [1.29, 1.82) is 0 Å². The van der Waals surface area contributed by atoms with E-state index in [1.165, 1.54) is 23.1 Å². The van der Waals surface area contributed by atoms with E-state index in [9.17, 15) is 8.42 Å². The third kappa shape index (κ3) is 3.57. The van der Waals surface area contributed by atoms with E-state index in [0.717, 1.165) is 0 Å². The van der Waals surface area contributed by atoms with Crippen molar-refractivity contribution in [3.8, 4) is 0 Å². The van der Waals surface area contributed by atoms with Crippen LogP contribution in [0.3, 0.4) is 0 Å². The molecule has 8 heteroatoms. The average Bonchev–Trinajstić information content (AvgIpc) is 2.27. The molecule has 0 radical (unpaired) electrons. The first-order valence-electron chi connectivity index (χ1n) is 5.29. The second kappa shape index (κ2) is 6.01. The summed E-state index contributed by atoms with van der Waals surface area (Å²) < 4.78 is 23.0. The number of primary sulfonamides is 1. The van der Waals surface area contributed by atoms with Gasteiger partial charge in [0, 0.05) is 18.8 Å². The lowest BCUT2D eigenvalue weighted by atomic mass is 10.2. The standard InChI is InChI=1S/C10H17N3O4S/c11-8-1-2-9(10(7-8)18(12,16)17)13(3-5-14)4-6-15/h1-2,7,14-15H,3-6,11H2,(H2,12,16,17). The molecule has 0 aromatic heterocycles. The smallest absolute Gasteiger partial charge is 0.240 e. The number of hydrogen-bond donors (Lipinski definition) is 4. The lowest BCUT2D eigenvalue weighted by Crippen LogP contribution is -2.31. The van der Waals surface area contributed by atoms with Gasteiger partial charge in [-0.2, -0.15) is 0 Å². The predicted molar refractivity (Wildman–Crippen MR) is 68.6 cm³/mol. The van der Waals surface area contributed by atoms with Crippen molar-refractivity contribution in [3.63, 3.8) is 0 Å². The van der Waals surface area contributed by atoms with Crippen LogP contribution in [0.25, 0.3) is 0 Å². The van der Waals surface area contributed by atoms with E-state index in [0.29, 0.717) is 5.69 Å². The van der Waals surface area contributed by atoms with E-state index in [1.54, 1.807) is 0 Å². The van der Waals surface area contributed by atoms with Crippen LogP contribution < -0.4 is 15.8 Å². The van der Waals surface area contributed by atoms with E-state index in [-0.39, 0.29) is 36.9 Å². The maximum Gasteiger partial charge on any atom is 0.240 e. The molecule has 0 spiro atoms. The second-order valence-electron chi connectivity index (χ2n) is 3.71. The fourth-order valence-corrected chi connectivity index (χ4v) is 2.40. The minimum atomic E-state index is -3.92. The van der Waals surface area contributed by atoms with E-state index in [4.69, 9.17) is 21.1 Å². The van der Waals surface area contributed by atoms with Gasteiger partial charge in [0.05, 0.1) is 18.9 Å². The number of benzene rings is 1. The van der Waals surface area contributed by atoms with Crippen molar-refractivity contribution in [2.75, 3.05) is 36.9 Å². The molecule has 1 aromatic rings. The Hall–Kier alpha value is -1.35. The summed E-state index contributed by atoms with van der Waals surface area (Å²) in [5, 5.41) is 23.0. The van der Waals surface area contributed by atoms with Crippen LogP contribution in [-0.4, -0.2) is 44.9 Å². The molecule has 1 rings (SSSR count). The highest BCUT2D eigenvalue weighted by atomic mass is 32.2. The molecule has 0 heterocycles. The lowest BCUT2D eigenvalue weighted by molar-refractivity contribution is 0.281. The molecule has 6 N–H and O–H groups in total. The van der Waals surface area contributed by atoms with Gasteiger partial charge in [0.2, 0.25) is 10.0 Å². The maximum absolute atomic E-state index is 11.5. The van der Waals surface area contributed by atoms with Gasteiger partial charge in [0.15, 0.2) is 0 Å². The minimum absolute atomic E-state index is 0.121. The van der Waals surface area contributed by atoms with Crippen molar-refractivity contribution >= 4 is 21.4 Å². The van der Waals surface area contributed by atoms with Crippen LogP contribution in [0, 0.1) is 0 Å². The second-order valence-corrected chi connectivity index (χ2v) is 5.24. The number of sulfonamides is 1. The van der Waals surface area contributed by atoms with Crippen LogP contribution in [0.5, 0.6) is 0 Å². The Morgan fingerprint density at radius 1 is 1.17 bits per heavy atom. The van der Waals surface area contributed by atoms with Crippen molar-refractivity contribution in [3.05, 3.63) is 18.2 Å². The molecule has 18 heavy (non-hydrogen) atoms. The summed E-state index contributed by atoms with van der Waals surface area (Å²) in [6.07, 6.45) is 0. The molecule has 0 aliphatic rings. The van der Waals surface area contributed by atoms with Gasteiger partial charge in [0.25, 0.3) is 0 Å². The Balaban J connectivity index is 3.29. The van der Waals surface area contributed by atoms with Crippen molar-refractivity contribution < 1.29 is 18.6 Å². The van der Waals surface area contributed by atoms with Crippen molar-refractivity contribution in [2.24, 2.45) is 5.14 Å². The van der Waals surface area contributed by atoms with Crippen LogP contribution in [-0.2, 0) is 10.0 Å². The Kier molecular flexibility index (Phi) is 4.91. The number of hydrogen-bond acceptors (Lipinski definition) is 6. The molecule has 0 aliphatic carbocycles. The van der Waals surface area contributed by atoms with Crippen LogP contribution >= 0.6 is 0 Å². The van der Waals surface area contributed by atoms with Gasteiger partial charge < -0.3 is 20.8 Å². The number of rotatable bonds is 6. The van der Waals surface area contributed by atoms with E-state index < -0.39 is 10.0 Å². The van der Waals surface area contributed by atoms with Crippen LogP contribution in [0.4, 0.5) is 11.4 Å². The third-order valence-corrected chi connectivity index (χ3v) is 3.31. The minimum Gasteiger partial charge on any atom is -0.399 e. The average molecular weight is 275 g/mol. The number of aliphatic hydroxyl groups excluding tert-OH is 2. The molecule has 0 fully saturated rings. The van der Waals surface area contributed by atoms with Gasteiger partial charge in [0.1, 0.15) is 4.90 Å².